The molecule has 5 nitrogen and oxygen atoms in total. The Labute approximate surface area is 109 Å². The molecule has 1 aromatic rings. The van der Waals surface area contributed by atoms with Crippen molar-refractivity contribution in [3.63, 3.8) is 0 Å². The van der Waals surface area contributed by atoms with E-state index in [-0.39, 0.29) is 5.91 Å². The average molecular weight is 252 g/mol. The number of carbonyl (C=O) groups excluding carboxylic acids is 1. The van der Waals surface area contributed by atoms with E-state index in [9.17, 15) is 4.79 Å². The molecule has 0 unspecified atom stereocenters. The second-order valence-corrected chi connectivity index (χ2v) is 4.78. The van der Waals surface area contributed by atoms with Crippen LogP contribution in [-0.4, -0.2) is 28.5 Å². The number of hydrogen-bond donors (Lipinski definition) is 2. The maximum Gasteiger partial charge on any atom is 0.239 e. The Morgan fingerprint density at radius 2 is 2.28 bits per heavy atom. The Balaban J connectivity index is 2.37. The molecule has 0 bridgehead atoms. The van der Waals surface area contributed by atoms with Gasteiger partial charge in [0.05, 0.1) is 6.54 Å². The fourth-order valence-corrected chi connectivity index (χ4v) is 1.60. The number of carbonyl (C=O) groups is 1. The molecule has 1 rings (SSSR count). The van der Waals surface area contributed by atoms with E-state index in [1.54, 1.807) is 6.20 Å². The van der Waals surface area contributed by atoms with Gasteiger partial charge in [-0.3, -0.25) is 4.79 Å². The fraction of sp³-hybridized carbons (Fsp3) is 0.692. The SMILES string of the molecule is CCNCc1nccn1CC(=O)NCCC(C)C. The van der Waals surface area contributed by atoms with Crippen LogP contribution in [0.2, 0.25) is 0 Å². The number of hydrogen-bond acceptors (Lipinski definition) is 3. The molecule has 0 atom stereocenters. The molecule has 1 heterocycles. The maximum absolute atomic E-state index is 11.7. The van der Waals surface area contributed by atoms with Crippen molar-refractivity contribution < 1.29 is 4.79 Å². The normalized spacial score (nSPS) is 10.9. The molecule has 0 aliphatic heterocycles. The highest BCUT2D eigenvalue weighted by molar-refractivity contribution is 5.75. The first-order valence-electron chi connectivity index (χ1n) is 6.61. The number of amides is 1. The van der Waals surface area contributed by atoms with Crippen molar-refractivity contribution in [3.8, 4) is 0 Å². The molecule has 0 radical (unpaired) electrons. The molecule has 102 valence electrons. The molecule has 0 saturated carbocycles. The molecule has 0 aliphatic rings. The molecule has 0 saturated heterocycles. The van der Waals surface area contributed by atoms with Crippen molar-refractivity contribution in [3.05, 3.63) is 18.2 Å². The van der Waals surface area contributed by atoms with Crippen LogP contribution in [0, 0.1) is 5.92 Å². The summed E-state index contributed by atoms with van der Waals surface area (Å²) in [6, 6.07) is 0. The second kappa shape index (κ2) is 7.87. The van der Waals surface area contributed by atoms with Gasteiger partial charge in [-0.05, 0) is 18.9 Å². The zero-order valence-corrected chi connectivity index (χ0v) is 11.6. The lowest BCUT2D eigenvalue weighted by Crippen LogP contribution is -2.30. The maximum atomic E-state index is 11.7. The van der Waals surface area contributed by atoms with Crippen LogP contribution in [0.3, 0.4) is 0 Å². The standard InChI is InChI=1S/C13H24N4O/c1-4-14-9-12-15-7-8-17(12)10-13(18)16-6-5-11(2)3/h7-8,11,14H,4-6,9-10H2,1-3H3,(H,16,18). The van der Waals surface area contributed by atoms with Crippen LogP contribution in [0.5, 0.6) is 0 Å². The van der Waals surface area contributed by atoms with Crippen LogP contribution in [0.15, 0.2) is 12.4 Å². The molecular formula is C13H24N4O. The van der Waals surface area contributed by atoms with Gasteiger partial charge in [0.2, 0.25) is 5.91 Å². The molecule has 1 aromatic heterocycles. The van der Waals surface area contributed by atoms with Gasteiger partial charge in [0.15, 0.2) is 0 Å². The molecule has 0 fully saturated rings. The molecule has 1 amide bonds. The summed E-state index contributed by atoms with van der Waals surface area (Å²) in [4.78, 5) is 16.0. The van der Waals surface area contributed by atoms with Gasteiger partial charge < -0.3 is 15.2 Å². The van der Waals surface area contributed by atoms with Crippen LogP contribution in [0.1, 0.15) is 33.0 Å². The predicted molar refractivity (Wildman–Crippen MR) is 72.1 cm³/mol. The largest absolute Gasteiger partial charge is 0.355 e. The van der Waals surface area contributed by atoms with E-state index in [4.69, 9.17) is 0 Å². The third-order valence-corrected chi connectivity index (χ3v) is 2.69. The molecule has 2 N–H and O–H groups in total. The summed E-state index contributed by atoms with van der Waals surface area (Å²) < 4.78 is 1.88. The van der Waals surface area contributed by atoms with E-state index in [1.807, 2.05) is 17.7 Å². The second-order valence-electron chi connectivity index (χ2n) is 4.78. The van der Waals surface area contributed by atoms with E-state index >= 15 is 0 Å². The van der Waals surface area contributed by atoms with Crippen LogP contribution < -0.4 is 10.6 Å². The summed E-state index contributed by atoms with van der Waals surface area (Å²) in [7, 11) is 0. The van der Waals surface area contributed by atoms with Gasteiger partial charge in [0.1, 0.15) is 12.4 Å². The minimum Gasteiger partial charge on any atom is -0.355 e. The predicted octanol–water partition coefficient (Wildman–Crippen LogP) is 1.15. The lowest BCUT2D eigenvalue weighted by molar-refractivity contribution is -0.121. The molecule has 18 heavy (non-hydrogen) atoms. The summed E-state index contributed by atoms with van der Waals surface area (Å²) in [6.07, 6.45) is 4.59. The molecule has 5 heteroatoms. The van der Waals surface area contributed by atoms with Crippen LogP contribution >= 0.6 is 0 Å². The molecule has 0 spiro atoms. The number of rotatable bonds is 8. The monoisotopic (exact) mass is 252 g/mol. The minimum absolute atomic E-state index is 0.0476. The van der Waals surface area contributed by atoms with Gasteiger partial charge in [-0.2, -0.15) is 0 Å². The Kier molecular flexibility index (Phi) is 6.43. The summed E-state index contributed by atoms with van der Waals surface area (Å²) in [6.45, 7) is 9.03. The first-order valence-corrected chi connectivity index (χ1v) is 6.61. The van der Waals surface area contributed by atoms with E-state index in [0.717, 1.165) is 25.3 Å². The van der Waals surface area contributed by atoms with Crippen LogP contribution in [0.4, 0.5) is 0 Å². The van der Waals surface area contributed by atoms with E-state index in [0.29, 0.717) is 19.0 Å². The topological polar surface area (TPSA) is 59.0 Å². The zero-order chi connectivity index (χ0) is 13.4. The molecule has 0 aromatic carbocycles. The smallest absolute Gasteiger partial charge is 0.239 e. The Morgan fingerprint density at radius 3 is 2.94 bits per heavy atom. The molecule has 0 aliphatic carbocycles. The summed E-state index contributed by atoms with van der Waals surface area (Å²) in [5.74, 6) is 1.56. The van der Waals surface area contributed by atoms with Crippen molar-refractivity contribution in [2.75, 3.05) is 13.1 Å². The third-order valence-electron chi connectivity index (χ3n) is 2.69. The van der Waals surface area contributed by atoms with E-state index in [1.165, 1.54) is 0 Å². The Bertz CT molecular complexity index is 360. The summed E-state index contributed by atoms with van der Waals surface area (Å²) >= 11 is 0. The number of aromatic nitrogens is 2. The third kappa shape index (κ3) is 5.31. The highest BCUT2D eigenvalue weighted by atomic mass is 16.1. The summed E-state index contributed by atoms with van der Waals surface area (Å²) in [5, 5.41) is 6.13. The first-order chi connectivity index (χ1) is 8.63. The molecular weight excluding hydrogens is 228 g/mol. The highest BCUT2D eigenvalue weighted by Gasteiger charge is 2.07. The summed E-state index contributed by atoms with van der Waals surface area (Å²) in [5.41, 5.74) is 0. The fourth-order valence-electron chi connectivity index (χ4n) is 1.60. The van der Waals surface area contributed by atoms with Gasteiger partial charge in [0.25, 0.3) is 0 Å². The minimum atomic E-state index is 0.0476. The number of imidazole rings is 1. The zero-order valence-electron chi connectivity index (χ0n) is 11.6. The van der Waals surface area contributed by atoms with Crippen molar-refractivity contribution in [1.82, 2.24) is 20.2 Å². The van der Waals surface area contributed by atoms with Crippen molar-refractivity contribution >= 4 is 5.91 Å². The van der Waals surface area contributed by atoms with Gasteiger partial charge in [-0.15, -0.1) is 0 Å². The van der Waals surface area contributed by atoms with Crippen molar-refractivity contribution in [2.24, 2.45) is 5.92 Å². The Morgan fingerprint density at radius 1 is 1.50 bits per heavy atom. The van der Waals surface area contributed by atoms with E-state index < -0.39 is 0 Å². The van der Waals surface area contributed by atoms with Crippen LogP contribution in [0.25, 0.3) is 0 Å². The van der Waals surface area contributed by atoms with Crippen molar-refractivity contribution in [1.29, 1.82) is 0 Å². The number of nitrogens with zero attached hydrogens (tertiary/aromatic N) is 2. The van der Waals surface area contributed by atoms with Crippen LogP contribution in [-0.2, 0) is 17.9 Å². The van der Waals surface area contributed by atoms with E-state index in [2.05, 4.69) is 29.5 Å². The lowest BCUT2D eigenvalue weighted by Gasteiger charge is -2.10. The average Bonchev–Trinajstić information content (AvgIpc) is 2.73. The lowest BCUT2D eigenvalue weighted by atomic mass is 10.1. The number of nitrogens with one attached hydrogen (secondary N) is 2. The first kappa shape index (κ1) is 14.7. The Hall–Kier alpha value is -1.36. The van der Waals surface area contributed by atoms with Gasteiger partial charge in [-0.1, -0.05) is 20.8 Å². The van der Waals surface area contributed by atoms with Crippen molar-refractivity contribution in [2.45, 2.75) is 40.3 Å². The quantitative estimate of drug-likeness (QED) is 0.730. The van der Waals surface area contributed by atoms with Gasteiger partial charge in [-0.25, -0.2) is 4.98 Å². The van der Waals surface area contributed by atoms with Gasteiger partial charge in [0, 0.05) is 18.9 Å². The highest BCUT2D eigenvalue weighted by Crippen LogP contribution is 1.99. The van der Waals surface area contributed by atoms with Gasteiger partial charge >= 0.3 is 0 Å².